The molecule has 0 bridgehead atoms. The van der Waals surface area contributed by atoms with Crippen molar-refractivity contribution in [3.05, 3.63) is 64.4 Å². The lowest BCUT2D eigenvalue weighted by molar-refractivity contribution is -0.132. The lowest BCUT2D eigenvalue weighted by Crippen LogP contribution is -2.42. The van der Waals surface area contributed by atoms with Gasteiger partial charge in [-0.05, 0) is 55.7 Å². The van der Waals surface area contributed by atoms with Gasteiger partial charge in [-0.2, -0.15) is 0 Å². The minimum Gasteiger partial charge on any atom is -0.369 e. The van der Waals surface area contributed by atoms with E-state index in [2.05, 4.69) is 28.7 Å². The Hall–Kier alpha value is -2.93. The normalized spacial score (nSPS) is 18.5. The van der Waals surface area contributed by atoms with Crippen molar-refractivity contribution in [1.82, 2.24) is 10.1 Å². The fraction of sp³-hybridized carbons (Fsp3) is 0.375. The third kappa shape index (κ3) is 4.42. The summed E-state index contributed by atoms with van der Waals surface area (Å²) in [4.78, 5) is 28.3. The number of aryl methyl sites for hydroxylation is 2. The fourth-order valence-corrected chi connectivity index (χ4v) is 5.16. The first-order valence-electron chi connectivity index (χ1n) is 10.5. The maximum atomic E-state index is 12.9. The highest BCUT2D eigenvalue weighted by Crippen LogP contribution is 2.36. The van der Waals surface area contributed by atoms with Crippen molar-refractivity contribution >= 4 is 23.2 Å². The summed E-state index contributed by atoms with van der Waals surface area (Å²) in [6.07, 6.45) is 2.08. The summed E-state index contributed by atoms with van der Waals surface area (Å²) in [5.41, 5.74) is 9.15. The molecule has 0 spiro atoms. The first kappa shape index (κ1) is 21.3. The lowest BCUT2D eigenvalue weighted by atomic mass is 9.80. The van der Waals surface area contributed by atoms with E-state index in [0.29, 0.717) is 38.8 Å². The van der Waals surface area contributed by atoms with Crippen molar-refractivity contribution in [2.75, 3.05) is 13.1 Å². The Balaban J connectivity index is 1.45. The molecule has 31 heavy (non-hydrogen) atoms. The van der Waals surface area contributed by atoms with Crippen LogP contribution in [-0.2, 0) is 22.4 Å². The van der Waals surface area contributed by atoms with Crippen molar-refractivity contribution in [3.63, 3.8) is 0 Å². The van der Waals surface area contributed by atoms with Crippen molar-refractivity contribution in [3.8, 4) is 10.4 Å². The van der Waals surface area contributed by atoms with Gasteiger partial charge in [0.2, 0.25) is 11.8 Å². The highest BCUT2D eigenvalue weighted by atomic mass is 32.1. The van der Waals surface area contributed by atoms with E-state index >= 15 is 0 Å². The number of rotatable bonds is 7. The Morgan fingerprint density at radius 1 is 1.26 bits per heavy atom. The standard InChI is InChI=1S/C24H27N3O3S/c1-16-20(17(2)30-26-16)8-9-22(28)27-11-10-24(15-27,23(25)29)14-18-5-3-6-19(13-18)21-7-4-12-31-21/h3-7,12-13H,8-11,14-15H2,1-2H3,(H2,25,29)/t24-/m1/s1. The molecular formula is C24H27N3O3S. The Labute approximate surface area is 186 Å². The van der Waals surface area contributed by atoms with Gasteiger partial charge in [0, 0.05) is 30.0 Å². The van der Waals surface area contributed by atoms with Crippen LogP contribution in [0.3, 0.4) is 0 Å². The van der Waals surface area contributed by atoms with Crippen molar-refractivity contribution in [2.45, 2.75) is 39.5 Å². The molecule has 0 radical (unpaired) electrons. The zero-order chi connectivity index (χ0) is 22.0. The molecular weight excluding hydrogens is 410 g/mol. The number of nitrogens with zero attached hydrogens (tertiary/aromatic N) is 2. The van der Waals surface area contributed by atoms with Gasteiger partial charge in [-0.1, -0.05) is 35.5 Å². The Kier molecular flexibility index (Phi) is 5.96. The molecule has 6 nitrogen and oxygen atoms in total. The average molecular weight is 438 g/mol. The molecule has 1 atom stereocenters. The van der Waals surface area contributed by atoms with E-state index in [-0.39, 0.29) is 11.8 Å². The summed E-state index contributed by atoms with van der Waals surface area (Å²) in [5, 5.41) is 6.00. The van der Waals surface area contributed by atoms with Gasteiger partial charge >= 0.3 is 0 Å². The first-order valence-corrected chi connectivity index (χ1v) is 11.4. The predicted molar refractivity (Wildman–Crippen MR) is 121 cm³/mol. The number of amides is 2. The number of carbonyl (C=O) groups excluding carboxylic acids is 2. The van der Waals surface area contributed by atoms with Crippen LogP contribution in [0.2, 0.25) is 0 Å². The molecule has 1 fully saturated rings. The van der Waals surface area contributed by atoms with Gasteiger partial charge in [0.15, 0.2) is 0 Å². The van der Waals surface area contributed by atoms with Gasteiger partial charge < -0.3 is 15.2 Å². The summed E-state index contributed by atoms with van der Waals surface area (Å²) in [5.74, 6) is 0.453. The number of thiophene rings is 1. The molecule has 7 heteroatoms. The van der Waals surface area contributed by atoms with Gasteiger partial charge in [0.1, 0.15) is 5.76 Å². The van der Waals surface area contributed by atoms with Crippen LogP contribution in [0.5, 0.6) is 0 Å². The van der Waals surface area contributed by atoms with Crippen molar-refractivity contribution in [1.29, 1.82) is 0 Å². The molecule has 162 valence electrons. The lowest BCUT2D eigenvalue weighted by Gasteiger charge is -2.26. The van der Waals surface area contributed by atoms with Crippen LogP contribution in [0, 0.1) is 19.3 Å². The summed E-state index contributed by atoms with van der Waals surface area (Å²) < 4.78 is 5.19. The quantitative estimate of drug-likeness (QED) is 0.607. The van der Waals surface area contributed by atoms with Crippen LogP contribution in [0.15, 0.2) is 46.3 Å². The van der Waals surface area contributed by atoms with Crippen molar-refractivity contribution in [2.24, 2.45) is 11.1 Å². The number of hydrogen-bond donors (Lipinski definition) is 1. The maximum absolute atomic E-state index is 12.9. The second-order valence-corrected chi connectivity index (χ2v) is 9.31. The van der Waals surface area contributed by atoms with Crippen LogP contribution in [-0.4, -0.2) is 35.0 Å². The predicted octanol–water partition coefficient (Wildman–Crippen LogP) is 3.90. The molecule has 3 heterocycles. The molecule has 2 amide bonds. The average Bonchev–Trinajstić information content (AvgIpc) is 3.49. The monoisotopic (exact) mass is 437 g/mol. The van der Waals surface area contributed by atoms with E-state index in [1.165, 1.54) is 4.88 Å². The minimum atomic E-state index is -0.729. The number of nitrogens with two attached hydrogens (primary N) is 1. The number of carbonyl (C=O) groups is 2. The first-order chi connectivity index (χ1) is 14.9. The highest BCUT2D eigenvalue weighted by molar-refractivity contribution is 7.13. The van der Waals surface area contributed by atoms with Gasteiger partial charge in [-0.3, -0.25) is 9.59 Å². The Bertz CT molecular complexity index is 1070. The van der Waals surface area contributed by atoms with Crippen LogP contribution in [0.25, 0.3) is 10.4 Å². The number of benzene rings is 1. The largest absolute Gasteiger partial charge is 0.369 e. The smallest absolute Gasteiger partial charge is 0.225 e. The SMILES string of the molecule is Cc1noc(C)c1CCC(=O)N1CC[C@](Cc2cccc(-c3cccs3)c2)(C(N)=O)C1. The van der Waals surface area contributed by atoms with Gasteiger partial charge in [0.25, 0.3) is 0 Å². The second kappa shape index (κ2) is 8.67. The molecule has 1 aromatic carbocycles. The molecule has 0 aliphatic carbocycles. The van der Waals surface area contributed by atoms with Crippen LogP contribution < -0.4 is 5.73 Å². The molecule has 3 aromatic rings. The number of aromatic nitrogens is 1. The summed E-state index contributed by atoms with van der Waals surface area (Å²) in [6.45, 7) is 4.66. The molecule has 1 aliphatic heterocycles. The van der Waals surface area contributed by atoms with Crippen LogP contribution >= 0.6 is 11.3 Å². The number of likely N-dealkylation sites (tertiary alicyclic amines) is 1. The third-order valence-electron chi connectivity index (χ3n) is 6.27. The Morgan fingerprint density at radius 3 is 2.77 bits per heavy atom. The minimum absolute atomic E-state index is 0.0375. The van der Waals surface area contributed by atoms with Gasteiger partial charge in [0.05, 0.1) is 11.1 Å². The molecule has 4 rings (SSSR count). The van der Waals surface area contributed by atoms with E-state index in [0.717, 1.165) is 28.1 Å². The van der Waals surface area contributed by atoms with Gasteiger partial charge in [-0.25, -0.2) is 0 Å². The van der Waals surface area contributed by atoms with E-state index < -0.39 is 5.41 Å². The molecule has 0 saturated carbocycles. The summed E-state index contributed by atoms with van der Waals surface area (Å²) in [6, 6.07) is 12.4. The maximum Gasteiger partial charge on any atom is 0.225 e. The van der Waals surface area contributed by atoms with E-state index in [4.69, 9.17) is 10.3 Å². The topological polar surface area (TPSA) is 89.4 Å². The number of hydrogen-bond acceptors (Lipinski definition) is 5. The molecule has 2 N–H and O–H groups in total. The van der Waals surface area contributed by atoms with E-state index in [1.54, 1.807) is 16.2 Å². The molecule has 0 unspecified atom stereocenters. The zero-order valence-corrected chi connectivity index (χ0v) is 18.7. The summed E-state index contributed by atoms with van der Waals surface area (Å²) >= 11 is 1.69. The second-order valence-electron chi connectivity index (χ2n) is 8.37. The van der Waals surface area contributed by atoms with Crippen LogP contribution in [0.4, 0.5) is 0 Å². The molecule has 2 aromatic heterocycles. The van der Waals surface area contributed by atoms with Crippen LogP contribution in [0.1, 0.15) is 35.4 Å². The fourth-order valence-electron chi connectivity index (χ4n) is 4.43. The van der Waals surface area contributed by atoms with E-state index in [1.807, 2.05) is 32.0 Å². The van der Waals surface area contributed by atoms with E-state index in [9.17, 15) is 9.59 Å². The van der Waals surface area contributed by atoms with Gasteiger partial charge in [-0.15, -0.1) is 11.3 Å². The third-order valence-corrected chi connectivity index (χ3v) is 7.19. The Morgan fingerprint density at radius 2 is 2.10 bits per heavy atom. The summed E-state index contributed by atoms with van der Waals surface area (Å²) in [7, 11) is 0. The molecule has 1 aliphatic rings. The highest BCUT2D eigenvalue weighted by Gasteiger charge is 2.44. The molecule has 1 saturated heterocycles. The van der Waals surface area contributed by atoms with Crippen molar-refractivity contribution < 1.29 is 14.1 Å². The zero-order valence-electron chi connectivity index (χ0n) is 17.9. The number of primary amides is 1.